The lowest BCUT2D eigenvalue weighted by Crippen LogP contribution is -2.24. The molecule has 160 valence electrons. The number of ether oxygens (including phenoxy) is 4. The van der Waals surface area contributed by atoms with Crippen LogP contribution in [-0.4, -0.2) is 38.9 Å². The fraction of sp³-hybridized carbons (Fsp3) is 0.348. The number of benzene rings is 2. The van der Waals surface area contributed by atoms with E-state index in [2.05, 4.69) is 17.2 Å². The molecule has 0 aliphatic heterocycles. The van der Waals surface area contributed by atoms with E-state index in [9.17, 15) is 9.18 Å². The maximum atomic E-state index is 13.5. The Morgan fingerprint density at radius 1 is 0.900 bits per heavy atom. The van der Waals surface area contributed by atoms with Crippen molar-refractivity contribution in [3.8, 4) is 34.8 Å². The van der Waals surface area contributed by atoms with E-state index >= 15 is 0 Å². The number of para-hydroxylation sites is 1. The molecule has 0 aliphatic carbocycles. The molecule has 2 aromatic rings. The SMILES string of the molecule is CCOc1cc(C(=O)NCC#CCOc2ccccc2F)cc(OCC)c1OCC. The summed E-state index contributed by atoms with van der Waals surface area (Å²) in [4.78, 5) is 12.5. The minimum atomic E-state index is -0.446. The molecule has 0 bridgehead atoms. The highest BCUT2D eigenvalue weighted by Gasteiger charge is 2.18. The molecule has 0 aliphatic rings. The average molecular weight is 415 g/mol. The van der Waals surface area contributed by atoms with Crippen LogP contribution in [0.1, 0.15) is 31.1 Å². The minimum Gasteiger partial charge on any atom is -0.490 e. The number of hydrogen-bond donors (Lipinski definition) is 1. The molecule has 6 nitrogen and oxygen atoms in total. The first-order chi connectivity index (χ1) is 14.6. The zero-order valence-electron chi connectivity index (χ0n) is 17.4. The maximum absolute atomic E-state index is 13.5. The Morgan fingerprint density at radius 3 is 2.13 bits per heavy atom. The summed E-state index contributed by atoms with van der Waals surface area (Å²) in [5.41, 5.74) is 0.370. The first-order valence-electron chi connectivity index (χ1n) is 9.78. The lowest BCUT2D eigenvalue weighted by molar-refractivity contribution is 0.0957. The highest BCUT2D eigenvalue weighted by atomic mass is 19.1. The lowest BCUT2D eigenvalue weighted by atomic mass is 10.1. The Kier molecular flexibility index (Phi) is 9.32. The van der Waals surface area contributed by atoms with Gasteiger partial charge >= 0.3 is 0 Å². The second-order valence-corrected chi connectivity index (χ2v) is 5.86. The molecule has 2 rings (SSSR count). The second kappa shape index (κ2) is 12.2. The molecular formula is C23H26FNO5. The van der Waals surface area contributed by atoms with E-state index in [1.54, 1.807) is 24.3 Å². The fourth-order valence-electron chi connectivity index (χ4n) is 2.54. The number of amides is 1. The quantitative estimate of drug-likeness (QED) is 0.598. The van der Waals surface area contributed by atoms with Crippen LogP contribution in [0.15, 0.2) is 36.4 Å². The number of rotatable bonds is 10. The van der Waals surface area contributed by atoms with Gasteiger partial charge in [-0.2, -0.15) is 0 Å². The molecule has 0 unspecified atom stereocenters. The van der Waals surface area contributed by atoms with Crippen molar-refractivity contribution in [2.24, 2.45) is 0 Å². The van der Waals surface area contributed by atoms with Gasteiger partial charge in [-0.05, 0) is 45.0 Å². The third kappa shape index (κ3) is 6.59. The largest absolute Gasteiger partial charge is 0.490 e. The summed E-state index contributed by atoms with van der Waals surface area (Å²) in [6.45, 7) is 6.97. The Balaban J connectivity index is 2.00. The molecule has 0 atom stereocenters. The van der Waals surface area contributed by atoms with Crippen LogP contribution in [0.4, 0.5) is 4.39 Å². The molecule has 1 amide bonds. The van der Waals surface area contributed by atoms with Crippen molar-refractivity contribution in [2.45, 2.75) is 20.8 Å². The van der Waals surface area contributed by atoms with Crippen LogP contribution in [-0.2, 0) is 0 Å². The number of carbonyl (C=O) groups excluding carboxylic acids is 1. The normalized spacial score (nSPS) is 9.87. The van der Waals surface area contributed by atoms with E-state index in [1.807, 2.05) is 20.8 Å². The second-order valence-electron chi connectivity index (χ2n) is 5.86. The molecular weight excluding hydrogens is 389 g/mol. The van der Waals surface area contributed by atoms with Crippen LogP contribution in [0.5, 0.6) is 23.0 Å². The first-order valence-corrected chi connectivity index (χ1v) is 9.78. The van der Waals surface area contributed by atoms with Crippen molar-refractivity contribution < 1.29 is 28.1 Å². The summed E-state index contributed by atoms with van der Waals surface area (Å²) in [6, 6.07) is 9.32. The molecule has 0 saturated carbocycles. The molecule has 0 fully saturated rings. The van der Waals surface area contributed by atoms with Crippen LogP contribution in [0, 0.1) is 17.7 Å². The summed E-state index contributed by atoms with van der Waals surface area (Å²) in [7, 11) is 0. The molecule has 30 heavy (non-hydrogen) atoms. The summed E-state index contributed by atoms with van der Waals surface area (Å²) in [5, 5.41) is 2.71. The zero-order valence-corrected chi connectivity index (χ0v) is 17.4. The van der Waals surface area contributed by atoms with Gasteiger partial charge in [0.05, 0.1) is 26.4 Å². The molecule has 0 saturated heterocycles. The zero-order chi connectivity index (χ0) is 21.8. The molecule has 2 aromatic carbocycles. The maximum Gasteiger partial charge on any atom is 0.252 e. The topological polar surface area (TPSA) is 66.0 Å². The number of carbonyl (C=O) groups is 1. The number of hydrogen-bond acceptors (Lipinski definition) is 5. The summed E-state index contributed by atoms with van der Waals surface area (Å²) in [6.07, 6.45) is 0. The van der Waals surface area contributed by atoms with Gasteiger partial charge in [0.15, 0.2) is 23.1 Å². The third-order valence-electron chi connectivity index (χ3n) is 3.77. The van der Waals surface area contributed by atoms with Crippen LogP contribution >= 0.6 is 0 Å². The first kappa shape index (κ1) is 22.9. The van der Waals surface area contributed by atoms with E-state index in [4.69, 9.17) is 18.9 Å². The number of nitrogens with one attached hydrogen (secondary N) is 1. The highest BCUT2D eigenvalue weighted by molar-refractivity contribution is 5.95. The predicted octanol–water partition coefficient (Wildman–Crippen LogP) is 3.83. The monoisotopic (exact) mass is 415 g/mol. The van der Waals surface area contributed by atoms with Crippen LogP contribution in [0.2, 0.25) is 0 Å². The summed E-state index contributed by atoms with van der Waals surface area (Å²) < 4.78 is 35.6. The van der Waals surface area contributed by atoms with Crippen molar-refractivity contribution in [2.75, 3.05) is 33.0 Å². The van der Waals surface area contributed by atoms with Crippen LogP contribution < -0.4 is 24.3 Å². The number of halogens is 1. The van der Waals surface area contributed by atoms with Gasteiger partial charge in [-0.25, -0.2) is 4.39 Å². The van der Waals surface area contributed by atoms with Crippen LogP contribution in [0.3, 0.4) is 0 Å². The fourth-order valence-corrected chi connectivity index (χ4v) is 2.54. The smallest absolute Gasteiger partial charge is 0.252 e. The van der Waals surface area contributed by atoms with Crippen molar-refractivity contribution in [1.82, 2.24) is 5.32 Å². The Bertz CT molecular complexity index is 877. The third-order valence-corrected chi connectivity index (χ3v) is 3.77. The van der Waals surface area contributed by atoms with Gasteiger partial charge in [0.25, 0.3) is 5.91 Å². The van der Waals surface area contributed by atoms with Crippen LogP contribution in [0.25, 0.3) is 0 Å². The Labute approximate surface area is 176 Å². The lowest BCUT2D eigenvalue weighted by Gasteiger charge is -2.16. The molecule has 0 heterocycles. The summed E-state index contributed by atoms with van der Waals surface area (Å²) in [5.74, 6) is 6.23. The predicted molar refractivity (Wildman–Crippen MR) is 112 cm³/mol. The standard InChI is InChI=1S/C23H26FNO5/c1-4-27-20-15-17(16-21(28-5-2)22(20)29-6-3)23(26)25-13-9-10-14-30-19-12-8-7-11-18(19)24/h7-8,11-12,15-16H,4-6,13-14H2,1-3H3,(H,25,26). The Morgan fingerprint density at radius 2 is 1.53 bits per heavy atom. The van der Waals surface area contributed by atoms with Gasteiger partial charge in [0, 0.05) is 5.56 Å². The van der Waals surface area contributed by atoms with Gasteiger partial charge in [0.2, 0.25) is 5.75 Å². The van der Waals surface area contributed by atoms with E-state index in [1.165, 1.54) is 12.1 Å². The van der Waals surface area contributed by atoms with Crippen molar-refractivity contribution in [3.63, 3.8) is 0 Å². The van der Waals surface area contributed by atoms with Gasteiger partial charge in [-0.3, -0.25) is 4.79 Å². The van der Waals surface area contributed by atoms with E-state index in [0.29, 0.717) is 42.6 Å². The van der Waals surface area contributed by atoms with E-state index in [-0.39, 0.29) is 24.8 Å². The van der Waals surface area contributed by atoms with Gasteiger partial charge in [-0.1, -0.05) is 24.0 Å². The molecule has 0 radical (unpaired) electrons. The van der Waals surface area contributed by atoms with E-state index in [0.717, 1.165) is 0 Å². The highest BCUT2D eigenvalue weighted by Crippen LogP contribution is 2.39. The van der Waals surface area contributed by atoms with E-state index < -0.39 is 5.82 Å². The molecule has 7 heteroatoms. The van der Waals surface area contributed by atoms with Gasteiger partial charge in [-0.15, -0.1) is 0 Å². The van der Waals surface area contributed by atoms with Crippen molar-refractivity contribution >= 4 is 5.91 Å². The van der Waals surface area contributed by atoms with Gasteiger partial charge < -0.3 is 24.3 Å². The minimum absolute atomic E-state index is 0.0167. The molecule has 0 aromatic heterocycles. The summed E-state index contributed by atoms with van der Waals surface area (Å²) >= 11 is 0. The van der Waals surface area contributed by atoms with Crippen molar-refractivity contribution in [3.05, 3.63) is 47.8 Å². The van der Waals surface area contributed by atoms with Crippen molar-refractivity contribution in [1.29, 1.82) is 0 Å². The average Bonchev–Trinajstić information content (AvgIpc) is 2.74. The Hall–Kier alpha value is -3.40. The molecule has 0 spiro atoms. The molecule has 1 N–H and O–H groups in total. The van der Waals surface area contributed by atoms with Gasteiger partial charge in [0.1, 0.15) is 6.61 Å².